The Labute approximate surface area is 144 Å². The Morgan fingerprint density at radius 2 is 2.00 bits per heavy atom. The van der Waals surface area contributed by atoms with Crippen LogP contribution in [-0.4, -0.2) is 24.6 Å². The second-order valence-electron chi connectivity index (χ2n) is 5.17. The monoisotopic (exact) mass is 344 g/mol. The summed E-state index contributed by atoms with van der Waals surface area (Å²) >= 11 is 5.96. The number of carbonyl (C=O) groups excluding carboxylic acids is 1. The number of ether oxygens (including phenoxy) is 2. The fraction of sp³-hybridized carbons (Fsp3) is 0.167. The van der Waals surface area contributed by atoms with Crippen molar-refractivity contribution in [1.29, 1.82) is 0 Å². The average molecular weight is 345 g/mol. The highest BCUT2D eigenvalue weighted by atomic mass is 35.5. The number of rotatable bonds is 5. The first kappa shape index (κ1) is 16.2. The summed E-state index contributed by atoms with van der Waals surface area (Å²) in [6.07, 6.45) is 0. The number of amides is 1. The molecule has 1 heterocycles. The first-order valence-electron chi connectivity index (χ1n) is 7.51. The summed E-state index contributed by atoms with van der Waals surface area (Å²) in [7, 11) is 1.56. The van der Waals surface area contributed by atoms with Crippen LogP contribution in [0.3, 0.4) is 0 Å². The molecule has 0 fully saturated rings. The minimum Gasteiger partial charge on any atom is -0.493 e. The lowest BCUT2D eigenvalue weighted by molar-refractivity contribution is 0.102. The van der Waals surface area contributed by atoms with E-state index in [0.717, 1.165) is 10.9 Å². The van der Waals surface area contributed by atoms with Crippen molar-refractivity contribution < 1.29 is 14.3 Å². The van der Waals surface area contributed by atoms with Crippen LogP contribution in [0.15, 0.2) is 42.5 Å². The van der Waals surface area contributed by atoms with Gasteiger partial charge in [-0.1, -0.05) is 17.7 Å². The molecular formula is C18H17ClN2O3. The van der Waals surface area contributed by atoms with E-state index in [-0.39, 0.29) is 5.91 Å². The first-order chi connectivity index (χ1) is 11.6. The number of fused-ring (bicyclic) bond motifs is 1. The molecule has 1 aromatic heterocycles. The van der Waals surface area contributed by atoms with Gasteiger partial charge in [0.15, 0.2) is 11.5 Å². The molecule has 24 heavy (non-hydrogen) atoms. The highest BCUT2D eigenvalue weighted by molar-refractivity contribution is 6.31. The van der Waals surface area contributed by atoms with Gasteiger partial charge in [0.2, 0.25) is 0 Å². The summed E-state index contributed by atoms with van der Waals surface area (Å²) < 4.78 is 10.8. The minimum atomic E-state index is -0.242. The van der Waals surface area contributed by atoms with Crippen LogP contribution in [0.5, 0.6) is 11.5 Å². The summed E-state index contributed by atoms with van der Waals surface area (Å²) in [5, 5.41) is 4.38. The van der Waals surface area contributed by atoms with Crippen molar-refractivity contribution in [2.75, 3.05) is 19.0 Å². The van der Waals surface area contributed by atoms with Crippen LogP contribution in [0.1, 0.15) is 17.4 Å². The predicted octanol–water partition coefficient (Wildman–Crippen LogP) is 4.48. The molecule has 0 saturated carbocycles. The van der Waals surface area contributed by atoms with Crippen LogP contribution in [0.4, 0.5) is 5.69 Å². The quantitative estimate of drug-likeness (QED) is 0.717. The Bertz CT molecular complexity index is 889. The van der Waals surface area contributed by atoms with E-state index in [1.807, 2.05) is 13.0 Å². The number of carbonyl (C=O) groups is 1. The molecule has 2 N–H and O–H groups in total. The van der Waals surface area contributed by atoms with Crippen LogP contribution in [0, 0.1) is 0 Å². The Balaban J connectivity index is 1.82. The van der Waals surface area contributed by atoms with E-state index in [2.05, 4.69) is 10.3 Å². The maximum Gasteiger partial charge on any atom is 0.272 e. The van der Waals surface area contributed by atoms with Crippen molar-refractivity contribution in [1.82, 2.24) is 4.98 Å². The number of aromatic nitrogens is 1. The molecule has 0 bridgehead atoms. The summed E-state index contributed by atoms with van der Waals surface area (Å²) in [6.45, 7) is 2.44. The molecular weight excluding hydrogens is 328 g/mol. The minimum absolute atomic E-state index is 0.242. The van der Waals surface area contributed by atoms with Crippen molar-refractivity contribution in [3.63, 3.8) is 0 Å². The number of anilines is 1. The lowest BCUT2D eigenvalue weighted by Gasteiger charge is -2.11. The molecule has 1 amide bonds. The summed E-state index contributed by atoms with van der Waals surface area (Å²) in [5.41, 5.74) is 1.90. The van der Waals surface area contributed by atoms with Gasteiger partial charge in [-0.25, -0.2) is 0 Å². The molecule has 0 aliphatic carbocycles. The highest BCUT2D eigenvalue weighted by Crippen LogP contribution is 2.30. The van der Waals surface area contributed by atoms with Crippen LogP contribution < -0.4 is 14.8 Å². The number of H-pyrrole nitrogens is 1. The van der Waals surface area contributed by atoms with Gasteiger partial charge in [-0.2, -0.15) is 0 Å². The molecule has 0 aliphatic heterocycles. The van der Waals surface area contributed by atoms with Gasteiger partial charge in [-0.3, -0.25) is 4.79 Å². The molecule has 0 unspecified atom stereocenters. The standard InChI is InChI=1S/C18H17ClN2O3/c1-3-24-16-7-6-13(10-17(16)23-2)20-18(22)15-8-11-4-5-12(19)9-14(11)21-15/h4-10,21H,3H2,1-2H3,(H,20,22). The molecule has 3 aromatic rings. The Hall–Kier alpha value is -2.66. The molecule has 3 rings (SSSR count). The van der Waals surface area contributed by atoms with Gasteiger partial charge in [-0.05, 0) is 37.3 Å². The SMILES string of the molecule is CCOc1ccc(NC(=O)c2cc3ccc(Cl)cc3[nH]2)cc1OC. The van der Waals surface area contributed by atoms with Gasteiger partial charge in [0.25, 0.3) is 5.91 Å². The molecule has 0 radical (unpaired) electrons. The average Bonchev–Trinajstić information content (AvgIpc) is 2.99. The van der Waals surface area contributed by atoms with E-state index in [1.54, 1.807) is 43.5 Å². The van der Waals surface area contributed by atoms with E-state index in [0.29, 0.717) is 34.5 Å². The van der Waals surface area contributed by atoms with Crippen LogP contribution in [0.2, 0.25) is 5.02 Å². The number of nitrogens with one attached hydrogen (secondary N) is 2. The molecule has 0 atom stereocenters. The normalized spacial score (nSPS) is 10.6. The molecule has 0 saturated heterocycles. The van der Waals surface area contributed by atoms with Crippen molar-refractivity contribution in [3.8, 4) is 11.5 Å². The topological polar surface area (TPSA) is 63.3 Å². The van der Waals surface area contributed by atoms with Crippen LogP contribution >= 0.6 is 11.6 Å². The number of methoxy groups -OCH3 is 1. The van der Waals surface area contributed by atoms with Crippen molar-refractivity contribution in [2.45, 2.75) is 6.92 Å². The molecule has 5 nitrogen and oxygen atoms in total. The van der Waals surface area contributed by atoms with Crippen LogP contribution in [0.25, 0.3) is 10.9 Å². The van der Waals surface area contributed by atoms with Crippen molar-refractivity contribution in [3.05, 3.63) is 53.2 Å². The van der Waals surface area contributed by atoms with Gasteiger partial charge >= 0.3 is 0 Å². The molecule has 0 spiro atoms. The number of benzene rings is 2. The summed E-state index contributed by atoms with van der Waals surface area (Å²) in [6, 6.07) is 12.5. The lowest BCUT2D eigenvalue weighted by atomic mass is 10.2. The third-order valence-electron chi connectivity index (χ3n) is 3.55. The van der Waals surface area contributed by atoms with Crippen LogP contribution in [-0.2, 0) is 0 Å². The summed E-state index contributed by atoms with van der Waals surface area (Å²) in [5.74, 6) is 0.963. The maximum atomic E-state index is 12.4. The maximum absolute atomic E-state index is 12.4. The third-order valence-corrected chi connectivity index (χ3v) is 3.79. The zero-order chi connectivity index (χ0) is 17.1. The second kappa shape index (κ2) is 6.84. The Kier molecular flexibility index (Phi) is 4.62. The second-order valence-corrected chi connectivity index (χ2v) is 5.60. The smallest absolute Gasteiger partial charge is 0.272 e. The molecule has 6 heteroatoms. The number of hydrogen-bond acceptors (Lipinski definition) is 3. The van der Waals surface area contributed by atoms with E-state index in [4.69, 9.17) is 21.1 Å². The fourth-order valence-electron chi connectivity index (χ4n) is 2.44. The zero-order valence-corrected chi connectivity index (χ0v) is 14.1. The Morgan fingerprint density at radius 1 is 1.17 bits per heavy atom. The highest BCUT2D eigenvalue weighted by Gasteiger charge is 2.12. The molecule has 2 aromatic carbocycles. The fourth-order valence-corrected chi connectivity index (χ4v) is 2.61. The van der Waals surface area contributed by atoms with Gasteiger partial charge in [-0.15, -0.1) is 0 Å². The largest absolute Gasteiger partial charge is 0.493 e. The van der Waals surface area contributed by atoms with E-state index >= 15 is 0 Å². The number of hydrogen-bond donors (Lipinski definition) is 2. The van der Waals surface area contributed by atoms with Crippen molar-refractivity contribution in [2.24, 2.45) is 0 Å². The third kappa shape index (κ3) is 3.31. The van der Waals surface area contributed by atoms with Gasteiger partial charge in [0.1, 0.15) is 5.69 Å². The van der Waals surface area contributed by atoms with E-state index < -0.39 is 0 Å². The van der Waals surface area contributed by atoms with Gasteiger partial charge in [0.05, 0.1) is 13.7 Å². The first-order valence-corrected chi connectivity index (χ1v) is 7.89. The van der Waals surface area contributed by atoms with Gasteiger partial charge < -0.3 is 19.8 Å². The molecule has 0 aliphatic rings. The summed E-state index contributed by atoms with van der Waals surface area (Å²) in [4.78, 5) is 15.5. The van der Waals surface area contributed by atoms with E-state index in [9.17, 15) is 4.79 Å². The number of halogens is 1. The number of aromatic amines is 1. The van der Waals surface area contributed by atoms with Crippen molar-refractivity contribution >= 4 is 34.1 Å². The lowest BCUT2D eigenvalue weighted by Crippen LogP contribution is -2.12. The Morgan fingerprint density at radius 3 is 2.75 bits per heavy atom. The zero-order valence-electron chi connectivity index (χ0n) is 13.4. The molecule has 124 valence electrons. The van der Waals surface area contributed by atoms with E-state index in [1.165, 1.54) is 0 Å². The van der Waals surface area contributed by atoms with Gasteiger partial charge in [0, 0.05) is 27.7 Å². The predicted molar refractivity (Wildman–Crippen MR) is 95.4 cm³/mol.